The minimum Gasteiger partial charge on any atom is -0.399 e. The van der Waals surface area contributed by atoms with Crippen LogP contribution in [0, 0.1) is 0 Å². The molecule has 0 aromatic carbocycles. The molecular formula is C12H18ClN3S. The van der Waals surface area contributed by atoms with E-state index in [0.29, 0.717) is 15.6 Å². The van der Waals surface area contributed by atoms with Crippen molar-refractivity contribution in [3.63, 3.8) is 0 Å². The summed E-state index contributed by atoms with van der Waals surface area (Å²) in [5, 5.41) is 3.81. The zero-order valence-corrected chi connectivity index (χ0v) is 11.6. The van der Waals surface area contributed by atoms with Crippen molar-refractivity contribution >= 4 is 34.9 Å². The van der Waals surface area contributed by atoms with Crippen molar-refractivity contribution in [2.24, 2.45) is 0 Å². The van der Waals surface area contributed by atoms with Gasteiger partial charge in [0.1, 0.15) is 11.0 Å². The molecule has 1 saturated carbocycles. The molecule has 3 nitrogen and oxygen atoms in total. The van der Waals surface area contributed by atoms with Crippen LogP contribution in [0.1, 0.15) is 25.7 Å². The van der Waals surface area contributed by atoms with Crippen LogP contribution in [0.3, 0.4) is 0 Å². The third-order valence-electron chi connectivity index (χ3n) is 3.36. The van der Waals surface area contributed by atoms with Crippen LogP contribution in [0.4, 0.5) is 11.5 Å². The van der Waals surface area contributed by atoms with Gasteiger partial charge >= 0.3 is 0 Å². The molecule has 17 heavy (non-hydrogen) atoms. The lowest BCUT2D eigenvalue weighted by atomic mass is 10.1. The molecule has 1 fully saturated rings. The number of pyridine rings is 1. The number of hydrogen-bond donors (Lipinski definition) is 2. The maximum Gasteiger partial charge on any atom is 0.133 e. The average Bonchev–Trinajstić information content (AvgIpc) is 2.74. The number of anilines is 2. The van der Waals surface area contributed by atoms with Gasteiger partial charge in [-0.25, -0.2) is 4.98 Å². The highest BCUT2D eigenvalue weighted by Crippen LogP contribution is 2.40. The van der Waals surface area contributed by atoms with Gasteiger partial charge in [-0.05, 0) is 25.2 Å². The standard InChI is InChI=1S/C12H18ClN3S/c1-17-12(4-2-3-5-12)8-15-11-7-9(14)6-10(13)16-11/h6-7H,2-5,8H2,1H3,(H3,14,15,16). The Morgan fingerprint density at radius 3 is 2.76 bits per heavy atom. The minimum absolute atomic E-state index is 0.360. The first-order chi connectivity index (χ1) is 8.13. The summed E-state index contributed by atoms with van der Waals surface area (Å²) < 4.78 is 0.360. The second-order valence-electron chi connectivity index (χ2n) is 4.56. The zero-order valence-electron chi connectivity index (χ0n) is 10.0. The fourth-order valence-corrected chi connectivity index (χ4v) is 3.46. The Morgan fingerprint density at radius 2 is 2.18 bits per heavy atom. The van der Waals surface area contributed by atoms with Crippen LogP contribution in [0.15, 0.2) is 12.1 Å². The van der Waals surface area contributed by atoms with E-state index >= 15 is 0 Å². The Balaban J connectivity index is 2.01. The lowest BCUT2D eigenvalue weighted by Crippen LogP contribution is -2.30. The van der Waals surface area contributed by atoms with Crippen molar-refractivity contribution in [3.8, 4) is 0 Å². The fraction of sp³-hybridized carbons (Fsp3) is 0.583. The van der Waals surface area contributed by atoms with Gasteiger partial charge in [0.2, 0.25) is 0 Å². The molecule has 3 N–H and O–H groups in total. The maximum absolute atomic E-state index is 5.88. The molecule has 1 heterocycles. The quantitative estimate of drug-likeness (QED) is 0.824. The van der Waals surface area contributed by atoms with Crippen LogP contribution in [-0.4, -0.2) is 22.5 Å². The molecule has 94 valence electrons. The van der Waals surface area contributed by atoms with Crippen molar-refractivity contribution in [2.45, 2.75) is 30.4 Å². The van der Waals surface area contributed by atoms with E-state index in [1.54, 1.807) is 6.07 Å². The second-order valence-corrected chi connectivity index (χ2v) is 6.22. The molecule has 1 aliphatic carbocycles. The van der Waals surface area contributed by atoms with Gasteiger partial charge in [0.15, 0.2) is 0 Å². The molecule has 0 radical (unpaired) electrons. The van der Waals surface area contributed by atoms with Crippen molar-refractivity contribution in [3.05, 3.63) is 17.3 Å². The first-order valence-electron chi connectivity index (χ1n) is 5.86. The van der Waals surface area contributed by atoms with E-state index in [2.05, 4.69) is 16.6 Å². The van der Waals surface area contributed by atoms with Crippen LogP contribution in [-0.2, 0) is 0 Å². The number of aromatic nitrogens is 1. The zero-order chi connectivity index (χ0) is 12.3. The van der Waals surface area contributed by atoms with E-state index in [1.165, 1.54) is 25.7 Å². The highest BCUT2D eigenvalue weighted by molar-refractivity contribution is 8.00. The first kappa shape index (κ1) is 12.8. The van der Waals surface area contributed by atoms with Crippen molar-refractivity contribution in [1.29, 1.82) is 0 Å². The summed E-state index contributed by atoms with van der Waals surface area (Å²) in [7, 11) is 0. The molecule has 0 unspecified atom stereocenters. The van der Waals surface area contributed by atoms with Gasteiger partial charge in [0.25, 0.3) is 0 Å². The number of nitrogen functional groups attached to an aromatic ring is 1. The minimum atomic E-state index is 0.360. The smallest absolute Gasteiger partial charge is 0.133 e. The molecule has 1 aromatic rings. The number of nitrogens with one attached hydrogen (secondary N) is 1. The molecule has 5 heteroatoms. The Morgan fingerprint density at radius 1 is 1.47 bits per heavy atom. The predicted molar refractivity (Wildman–Crippen MR) is 76.9 cm³/mol. The van der Waals surface area contributed by atoms with Crippen LogP contribution in [0.5, 0.6) is 0 Å². The molecule has 0 saturated heterocycles. The first-order valence-corrected chi connectivity index (χ1v) is 7.46. The Bertz CT molecular complexity index is 371. The fourth-order valence-electron chi connectivity index (χ4n) is 2.33. The summed E-state index contributed by atoms with van der Waals surface area (Å²) in [4.78, 5) is 4.23. The van der Waals surface area contributed by atoms with Crippen LogP contribution >= 0.6 is 23.4 Å². The summed E-state index contributed by atoms with van der Waals surface area (Å²) in [6, 6.07) is 3.49. The largest absolute Gasteiger partial charge is 0.399 e. The van der Waals surface area contributed by atoms with E-state index in [-0.39, 0.29) is 0 Å². The number of rotatable bonds is 4. The molecule has 0 aliphatic heterocycles. The average molecular weight is 272 g/mol. The molecule has 0 amide bonds. The van der Waals surface area contributed by atoms with Crippen LogP contribution in [0.25, 0.3) is 0 Å². The van der Waals surface area contributed by atoms with E-state index < -0.39 is 0 Å². The van der Waals surface area contributed by atoms with Gasteiger partial charge in [-0.1, -0.05) is 24.4 Å². The van der Waals surface area contributed by atoms with Gasteiger partial charge < -0.3 is 11.1 Å². The van der Waals surface area contributed by atoms with E-state index in [4.69, 9.17) is 17.3 Å². The van der Waals surface area contributed by atoms with Crippen molar-refractivity contribution in [1.82, 2.24) is 4.98 Å². The normalized spacial score (nSPS) is 18.2. The summed E-state index contributed by atoms with van der Waals surface area (Å²) >= 11 is 7.83. The molecule has 0 bridgehead atoms. The van der Waals surface area contributed by atoms with Gasteiger partial charge in [0, 0.05) is 23.0 Å². The monoisotopic (exact) mass is 271 g/mol. The topological polar surface area (TPSA) is 50.9 Å². The summed E-state index contributed by atoms with van der Waals surface area (Å²) in [5.74, 6) is 0.773. The summed E-state index contributed by atoms with van der Waals surface area (Å²) in [5.41, 5.74) is 6.39. The highest BCUT2D eigenvalue weighted by atomic mass is 35.5. The number of nitrogens with zero attached hydrogens (tertiary/aromatic N) is 1. The Labute approximate surface area is 112 Å². The predicted octanol–water partition coefficient (Wildman–Crippen LogP) is 3.40. The van der Waals surface area contributed by atoms with Crippen LogP contribution in [0.2, 0.25) is 5.15 Å². The Hall–Kier alpha value is -0.610. The van der Waals surface area contributed by atoms with Crippen molar-refractivity contribution in [2.75, 3.05) is 23.9 Å². The SMILES string of the molecule is CSC1(CNc2cc(N)cc(Cl)n2)CCCC1. The second kappa shape index (κ2) is 5.36. The van der Waals surface area contributed by atoms with Crippen molar-refractivity contribution < 1.29 is 0 Å². The van der Waals surface area contributed by atoms with Gasteiger partial charge in [-0.2, -0.15) is 11.8 Å². The highest BCUT2D eigenvalue weighted by Gasteiger charge is 2.32. The lowest BCUT2D eigenvalue weighted by Gasteiger charge is -2.27. The number of halogens is 1. The van der Waals surface area contributed by atoms with E-state index in [9.17, 15) is 0 Å². The molecule has 2 rings (SSSR count). The molecule has 1 aromatic heterocycles. The number of nitrogens with two attached hydrogens (primary N) is 1. The lowest BCUT2D eigenvalue weighted by molar-refractivity contribution is 0.638. The van der Waals surface area contributed by atoms with Gasteiger partial charge in [0.05, 0.1) is 0 Å². The third kappa shape index (κ3) is 3.19. The summed E-state index contributed by atoms with van der Waals surface area (Å²) in [6.45, 7) is 0.931. The molecule has 1 aliphatic rings. The number of thioether (sulfide) groups is 1. The maximum atomic E-state index is 5.88. The molecule has 0 spiro atoms. The van der Waals surface area contributed by atoms with Gasteiger partial charge in [-0.3, -0.25) is 0 Å². The number of hydrogen-bond acceptors (Lipinski definition) is 4. The molecular weight excluding hydrogens is 254 g/mol. The van der Waals surface area contributed by atoms with E-state index in [0.717, 1.165) is 12.4 Å². The molecule has 0 atom stereocenters. The van der Waals surface area contributed by atoms with Crippen LogP contribution < -0.4 is 11.1 Å². The Kier molecular flexibility index (Phi) is 4.05. The summed E-state index contributed by atoms with van der Waals surface area (Å²) in [6.07, 6.45) is 7.39. The van der Waals surface area contributed by atoms with Gasteiger partial charge in [-0.15, -0.1) is 0 Å². The third-order valence-corrected chi connectivity index (χ3v) is 4.97. The van der Waals surface area contributed by atoms with E-state index in [1.807, 2.05) is 17.8 Å².